The topological polar surface area (TPSA) is 15.3 Å². The van der Waals surface area contributed by atoms with Crippen LogP contribution in [0.5, 0.6) is 0 Å². The van der Waals surface area contributed by atoms with E-state index in [1.54, 1.807) is 0 Å². The number of hydrogen-bond donors (Lipinski definition) is 1. The Morgan fingerprint density at radius 2 is 1.82 bits per heavy atom. The largest absolute Gasteiger partial charge is 0.314 e. The quantitative estimate of drug-likeness (QED) is 0.596. The first-order chi connectivity index (χ1) is 8.13. The van der Waals surface area contributed by atoms with Gasteiger partial charge in [-0.25, -0.2) is 0 Å². The number of nitrogens with zero attached hydrogens (tertiary/aromatic N) is 1. The molecule has 2 heteroatoms. The van der Waals surface area contributed by atoms with E-state index in [1.165, 1.54) is 51.7 Å². The fourth-order valence-electron chi connectivity index (χ4n) is 2.16. The Morgan fingerprint density at radius 3 is 2.35 bits per heavy atom. The van der Waals surface area contributed by atoms with Gasteiger partial charge < -0.3 is 10.2 Å². The molecule has 0 spiro atoms. The minimum atomic E-state index is 0.729. The highest BCUT2D eigenvalue weighted by atomic mass is 15.1. The maximum Gasteiger partial charge on any atom is 0.00649 e. The van der Waals surface area contributed by atoms with Crippen LogP contribution < -0.4 is 5.32 Å². The van der Waals surface area contributed by atoms with E-state index in [0.29, 0.717) is 0 Å². The van der Waals surface area contributed by atoms with Gasteiger partial charge in [-0.3, -0.25) is 0 Å². The Morgan fingerprint density at radius 1 is 1.12 bits per heavy atom. The predicted molar refractivity (Wildman–Crippen MR) is 78.6 cm³/mol. The van der Waals surface area contributed by atoms with Crippen molar-refractivity contribution in [1.82, 2.24) is 10.2 Å². The molecule has 0 radical (unpaired) electrons. The lowest BCUT2D eigenvalue weighted by atomic mass is 10.1. The lowest BCUT2D eigenvalue weighted by molar-refractivity contribution is 0.271. The average Bonchev–Trinajstić information content (AvgIpc) is 2.33. The second-order valence-electron chi connectivity index (χ2n) is 5.48. The minimum absolute atomic E-state index is 0.729. The Kier molecular flexibility index (Phi) is 11.0. The summed E-state index contributed by atoms with van der Waals surface area (Å²) in [6.45, 7) is 12.8. The van der Waals surface area contributed by atoms with Gasteiger partial charge in [0.15, 0.2) is 0 Å². The van der Waals surface area contributed by atoms with Gasteiger partial charge >= 0.3 is 0 Å². The summed E-state index contributed by atoms with van der Waals surface area (Å²) in [5, 5.41) is 3.63. The zero-order chi connectivity index (χ0) is 13.1. The van der Waals surface area contributed by atoms with Crippen LogP contribution in [0.25, 0.3) is 0 Å². The van der Waals surface area contributed by atoms with Gasteiger partial charge in [0, 0.05) is 12.6 Å². The van der Waals surface area contributed by atoms with Gasteiger partial charge in [-0.05, 0) is 51.7 Å². The molecular weight excluding hydrogens is 208 g/mol. The summed E-state index contributed by atoms with van der Waals surface area (Å²) in [4.78, 5) is 2.49. The van der Waals surface area contributed by atoms with Crippen LogP contribution in [0.1, 0.15) is 59.8 Å². The Hall–Kier alpha value is -0.0800. The molecule has 0 aliphatic carbocycles. The smallest absolute Gasteiger partial charge is 0.00649 e. The molecule has 0 saturated heterocycles. The summed E-state index contributed by atoms with van der Waals surface area (Å²) < 4.78 is 0. The molecule has 1 N–H and O–H groups in total. The molecule has 0 aromatic rings. The summed E-state index contributed by atoms with van der Waals surface area (Å²) in [5.41, 5.74) is 0. The predicted octanol–water partition coefficient (Wildman–Crippen LogP) is 3.52. The van der Waals surface area contributed by atoms with Crippen LogP contribution in [0.2, 0.25) is 0 Å². The molecule has 2 atom stereocenters. The lowest BCUT2D eigenvalue weighted by Gasteiger charge is -2.22. The zero-order valence-electron chi connectivity index (χ0n) is 12.8. The monoisotopic (exact) mass is 242 g/mol. The summed E-state index contributed by atoms with van der Waals surface area (Å²) in [6.07, 6.45) is 6.43. The molecule has 0 bridgehead atoms. The highest BCUT2D eigenvalue weighted by Gasteiger charge is 2.07. The second-order valence-corrected chi connectivity index (χ2v) is 5.48. The van der Waals surface area contributed by atoms with E-state index >= 15 is 0 Å². The molecule has 17 heavy (non-hydrogen) atoms. The van der Waals surface area contributed by atoms with Crippen molar-refractivity contribution in [3.05, 3.63) is 0 Å². The lowest BCUT2D eigenvalue weighted by Crippen LogP contribution is -2.31. The molecule has 0 rings (SSSR count). The molecule has 0 aromatic heterocycles. The maximum atomic E-state index is 3.63. The van der Waals surface area contributed by atoms with Gasteiger partial charge in [0.25, 0.3) is 0 Å². The second kappa shape index (κ2) is 11.0. The van der Waals surface area contributed by atoms with Crippen molar-refractivity contribution in [3.8, 4) is 0 Å². The molecule has 0 aliphatic heterocycles. The summed E-state index contributed by atoms with van der Waals surface area (Å²) >= 11 is 0. The number of nitrogens with one attached hydrogen (secondary N) is 1. The molecule has 0 amide bonds. The van der Waals surface area contributed by atoms with Crippen LogP contribution in [-0.4, -0.2) is 37.6 Å². The van der Waals surface area contributed by atoms with Gasteiger partial charge in [0.1, 0.15) is 0 Å². The first kappa shape index (κ1) is 16.9. The first-order valence-corrected chi connectivity index (χ1v) is 7.55. The Balaban J connectivity index is 3.58. The van der Waals surface area contributed by atoms with E-state index in [4.69, 9.17) is 0 Å². The van der Waals surface area contributed by atoms with E-state index in [2.05, 4.69) is 45.0 Å². The molecule has 0 aromatic carbocycles. The highest BCUT2D eigenvalue weighted by Crippen LogP contribution is 2.06. The van der Waals surface area contributed by atoms with E-state index in [-0.39, 0.29) is 0 Å². The molecule has 2 unspecified atom stereocenters. The van der Waals surface area contributed by atoms with Crippen molar-refractivity contribution < 1.29 is 0 Å². The number of hydrogen-bond acceptors (Lipinski definition) is 2. The van der Waals surface area contributed by atoms with E-state index in [0.717, 1.165) is 12.0 Å². The van der Waals surface area contributed by atoms with E-state index in [1.807, 2.05) is 0 Å². The molecule has 104 valence electrons. The highest BCUT2D eigenvalue weighted by molar-refractivity contribution is 4.66. The molecule has 0 fully saturated rings. The van der Waals surface area contributed by atoms with Crippen molar-refractivity contribution in [2.45, 2.75) is 65.8 Å². The third-order valence-electron chi connectivity index (χ3n) is 3.59. The zero-order valence-corrected chi connectivity index (χ0v) is 12.8. The summed E-state index contributed by atoms with van der Waals surface area (Å²) in [7, 11) is 2.26. The van der Waals surface area contributed by atoms with Crippen LogP contribution in [-0.2, 0) is 0 Å². The van der Waals surface area contributed by atoms with Gasteiger partial charge in [0.2, 0.25) is 0 Å². The average molecular weight is 242 g/mol. The summed E-state index contributed by atoms with van der Waals surface area (Å²) in [6, 6.07) is 0.729. The Bertz CT molecular complexity index is 159. The fraction of sp³-hybridized carbons (Fsp3) is 1.00. The molecule has 0 saturated carbocycles. The SMILES string of the molecule is CCCNC(CC)CCCN(C)CC(C)CC. The van der Waals surface area contributed by atoms with E-state index < -0.39 is 0 Å². The van der Waals surface area contributed by atoms with Crippen LogP contribution >= 0.6 is 0 Å². The maximum absolute atomic E-state index is 3.63. The van der Waals surface area contributed by atoms with Crippen LogP contribution in [0, 0.1) is 5.92 Å². The standard InChI is InChI=1S/C15H34N2/c1-6-11-16-15(8-3)10-9-12-17(5)13-14(4)7-2/h14-16H,6-13H2,1-5H3. The third-order valence-corrected chi connectivity index (χ3v) is 3.59. The van der Waals surface area contributed by atoms with Crippen LogP contribution in [0.3, 0.4) is 0 Å². The fourth-order valence-corrected chi connectivity index (χ4v) is 2.16. The van der Waals surface area contributed by atoms with Gasteiger partial charge in [-0.1, -0.05) is 34.1 Å². The van der Waals surface area contributed by atoms with Gasteiger partial charge in [0.05, 0.1) is 0 Å². The normalized spacial score (nSPS) is 15.2. The molecule has 0 aliphatic rings. The van der Waals surface area contributed by atoms with Crippen molar-refractivity contribution in [2.75, 3.05) is 26.7 Å². The minimum Gasteiger partial charge on any atom is -0.314 e. The van der Waals surface area contributed by atoms with E-state index in [9.17, 15) is 0 Å². The van der Waals surface area contributed by atoms with Gasteiger partial charge in [-0.2, -0.15) is 0 Å². The summed E-state index contributed by atoms with van der Waals surface area (Å²) in [5.74, 6) is 0.834. The molecule has 2 nitrogen and oxygen atoms in total. The van der Waals surface area contributed by atoms with Crippen molar-refractivity contribution in [1.29, 1.82) is 0 Å². The van der Waals surface area contributed by atoms with Crippen LogP contribution in [0.15, 0.2) is 0 Å². The first-order valence-electron chi connectivity index (χ1n) is 7.55. The van der Waals surface area contributed by atoms with Gasteiger partial charge in [-0.15, -0.1) is 0 Å². The number of rotatable bonds is 11. The third kappa shape index (κ3) is 9.61. The van der Waals surface area contributed by atoms with Crippen molar-refractivity contribution in [3.63, 3.8) is 0 Å². The molecular formula is C15H34N2. The van der Waals surface area contributed by atoms with Crippen LogP contribution in [0.4, 0.5) is 0 Å². The molecule has 0 heterocycles. The Labute approximate surface area is 109 Å². The van der Waals surface area contributed by atoms with Crippen molar-refractivity contribution >= 4 is 0 Å². The van der Waals surface area contributed by atoms with Crippen molar-refractivity contribution in [2.24, 2.45) is 5.92 Å².